The van der Waals surface area contributed by atoms with E-state index in [1.165, 1.54) is 0 Å². The first kappa shape index (κ1) is 50.8. The standard InChI is InChI=1S/C48H61N5O13S/c49-35-3-8-41-43(31-35)65-44-32-36(50)4-9-42(44)48(41)40-10-5-37(33-39(40)46(56)66-48)53-47(67)52-14-16-58-18-20-60-22-24-62-26-28-64-30-29-63-27-25-61-23-21-59-19-17-57-15-12-45(55)51-13-11-34-1-6-38(54)7-2-34/h1-10,31-33,54H,11-30,49-50H2,(H,51,55)(H2,52,53,67). The van der Waals surface area contributed by atoms with Gasteiger partial charge in [0.05, 0.1) is 111 Å². The quantitative estimate of drug-likeness (QED) is 0.0179. The molecule has 2 aliphatic rings. The summed E-state index contributed by atoms with van der Waals surface area (Å²) >= 11 is 5.49. The van der Waals surface area contributed by atoms with Gasteiger partial charge in [-0.15, -0.1) is 0 Å². The van der Waals surface area contributed by atoms with Gasteiger partial charge < -0.3 is 79.9 Å². The van der Waals surface area contributed by atoms with E-state index < -0.39 is 11.6 Å². The molecule has 0 unspecified atom stereocenters. The minimum absolute atomic E-state index is 0.0649. The molecule has 67 heavy (non-hydrogen) atoms. The first-order chi connectivity index (χ1) is 32.7. The first-order valence-corrected chi connectivity index (χ1v) is 22.7. The van der Waals surface area contributed by atoms with Gasteiger partial charge in [0.15, 0.2) is 10.7 Å². The molecule has 18 nitrogen and oxygen atoms in total. The molecular formula is C48H61N5O13S. The fourth-order valence-electron chi connectivity index (χ4n) is 7.15. The fourth-order valence-corrected chi connectivity index (χ4v) is 7.37. The minimum Gasteiger partial charge on any atom is -0.508 e. The van der Waals surface area contributed by atoms with Crippen molar-refractivity contribution in [1.29, 1.82) is 0 Å². The average Bonchev–Trinajstić information content (AvgIpc) is 3.59. The number of hydrogen-bond acceptors (Lipinski definition) is 16. The highest BCUT2D eigenvalue weighted by Gasteiger charge is 2.53. The second kappa shape index (κ2) is 27.3. The number of nitrogen functional groups attached to an aromatic ring is 2. The number of ether oxygens (including phenoxy) is 10. The number of nitrogens with two attached hydrogens (primary N) is 2. The van der Waals surface area contributed by atoms with Crippen molar-refractivity contribution < 1.29 is 62.1 Å². The van der Waals surface area contributed by atoms with Crippen molar-refractivity contribution in [3.8, 4) is 17.2 Å². The van der Waals surface area contributed by atoms with Crippen molar-refractivity contribution in [2.45, 2.75) is 18.4 Å². The molecule has 19 heteroatoms. The third-order valence-corrected chi connectivity index (χ3v) is 10.6. The zero-order valence-corrected chi connectivity index (χ0v) is 38.4. The molecule has 6 rings (SSSR count). The number of nitrogens with one attached hydrogen (secondary N) is 3. The Labute approximate surface area is 395 Å². The summed E-state index contributed by atoms with van der Waals surface area (Å²) < 4.78 is 56.6. The summed E-state index contributed by atoms with van der Waals surface area (Å²) in [5.74, 6) is 0.661. The van der Waals surface area contributed by atoms with Gasteiger partial charge in [-0.1, -0.05) is 18.2 Å². The summed E-state index contributed by atoms with van der Waals surface area (Å²) in [7, 11) is 0. The minimum atomic E-state index is -1.23. The Morgan fingerprint density at radius 2 is 1.06 bits per heavy atom. The number of rotatable bonds is 31. The molecule has 0 saturated carbocycles. The monoisotopic (exact) mass is 947 g/mol. The Hall–Kier alpha value is -5.61. The average molecular weight is 948 g/mol. The summed E-state index contributed by atoms with van der Waals surface area (Å²) in [5, 5.41) is 18.8. The first-order valence-electron chi connectivity index (χ1n) is 22.3. The summed E-state index contributed by atoms with van der Waals surface area (Å²) in [6, 6.07) is 22.9. The van der Waals surface area contributed by atoms with E-state index in [0.29, 0.717) is 181 Å². The van der Waals surface area contributed by atoms with Crippen molar-refractivity contribution in [1.82, 2.24) is 10.6 Å². The van der Waals surface area contributed by atoms with Crippen molar-refractivity contribution in [3.63, 3.8) is 0 Å². The van der Waals surface area contributed by atoms with Gasteiger partial charge in [0, 0.05) is 65.4 Å². The number of phenolic OH excluding ortho intramolecular Hbond substituents is 1. The summed E-state index contributed by atoms with van der Waals surface area (Å²) in [6.07, 6.45) is 0.986. The third kappa shape index (κ3) is 15.7. The molecule has 362 valence electrons. The summed E-state index contributed by atoms with van der Waals surface area (Å²) in [6.45, 7) is 7.91. The van der Waals surface area contributed by atoms with E-state index in [2.05, 4.69) is 16.0 Å². The maximum atomic E-state index is 13.4. The molecule has 2 aliphatic heterocycles. The second-order valence-corrected chi connectivity index (χ2v) is 15.6. The van der Waals surface area contributed by atoms with Gasteiger partial charge in [0.25, 0.3) is 0 Å². The van der Waals surface area contributed by atoms with Gasteiger partial charge in [-0.3, -0.25) is 4.79 Å². The van der Waals surface area contributed by atoms with E-state index in [1.807, 2.05) is 36.4 Å². The van der Waals surface area contributed by atoms with Crippen LogP contribution >= 0.6 is 12.2 Å². The second-order valence-electron chi connectivity index (χ2n) is 15.2. The predicted octanol–water partition coefficient (Wildman–Crippen LogP) is 4.29. The molecule has 4 aromatic carbocycles. The molecular weight excluding hydrogens is 887 g/mol. The molecule has 0 saturated heterocycles. The molecule has 0 aromatic heterocycles. The highest BCUT2D eigenvalue weighted by molar-refractivity contribution is 7.80. The number of thiocarbonyl (C=S) groups is 1. The maximum absolute atomic E-state index is 13.4. The van der Waals surface area contributed by atoms with Crippen molar-refractivity contribution in [2.24, 2.45) is 0 Å². The molecule has 0 radical (unpaired) electrons. The molecule has 0 atom stereocenters. The maximum Gasteiger partial charge on any atom is 0.340 e. The van der Waals surface area contributed by atoms with Gasteiger partial charge in [0.2, 0.25) is 5.91 Å². The van der Waals surface area contributed by atoms with Gasteiger partial charge in [-0.05, 0) is 72.7 Å². The van der Waals surface area contributed by atoms with E-state index in [1.54, 1.807) is 42.5 Å². The van der Waals surface area contributed by atoms with E-state index >= 15 is 0 Å². The molecule has 1 spiro atoms. The summed E-state index contributed by atoms with van der Waals surface area (Å²) in [5.41, 5.74) is 16.0. The molecule has 0 aliphatic carbocycles. The molecule has 8 N–H and O–H groups in total. The SMILES string of the molecule is Nc1ccc2c(c1)Oc1cc(N)ccc1C21OC(=O)c2cc(NC(=S)NCCOCCOCCOCCOCCOCCOCCOCCOCCC(=O)NCCc3ccc(O)cc3)ccc21. The summed E-state index contributed by atoms with van der Waals surface area (Å²) in [4.78, 5) is 25.3. The normalized spacial score (nSPS) is 13.0. The lowest BCUT2D eigenvalue weighted by Gasteiger charge is -2.36. The van der Waals surface area contributed by atoms with Gasteiger partial charge in [-0.25, -0.2) is 4.79 Å². The van der Waals surface area contributed by atoms with Gasteiger partial charge >= 0.3 is 5.97 Å². The molecule has 2 heterocycles. The Morgan fingerprint density at radius 3 is 1.58 bits per heavy atom. The van der Waals surface area contributed by atoms with E-state index in [-0.39, 0.29) is 18.1 Å². The van der Waals surface area contributed by atoms with E-state index in [4.69, 9.17) is 71.1 Å². The van der Waals surface area contributed by atoms with Crippen LogP contribution in [0.3, 0.4) is 0 Å². The number of aromatic hydroxyl groups is 1. The zero-order chi connectivity index (χ0) is 47.1. The van der Waals surface area contributed by atoms with E-state index in [9.17, 15) is 14.7 Å². The van der Waals surface area contributed by atoms with Gasteiger partial charge in [-0.2, -0.15) is 0 Å². The van der Waals surface area contributed by atoms with Crippen LogP contribution in [-0.4, -0.2) is 141 Å². The van der Waals surface area contributed by atoms with Crippen molar-refractivity contribution in [3.05, 3.63) is 107 Å². The number of carbonyl (C=O) groups is 2. The number of anilines is 3. The van der Waals surface area contributed by atoms with Crippen LogP contribution in [0.2, 0.25) is 0 Å². The van der Waals surface area contributed by atoms with Crippen LogP contribution < -0.4 is 32.2 Å². The van der Waals surface area contributed by atoms with Crippen molar-refractivity contribution in [2.75, 3.05) is 136 Å². The predicted molar refractivity (Wildman–Crippen MR) is 254 cm³/mol. The Kier molecular flexibility index (Phi) is 20.7. The van der Waals surface area contributed by atoms with E-state index in [0.717, 1.165) is 5.56 Å². The Morgan fingerprint density at radius 1 is 0.582 bits per heavy atom. The number of amides is 1. The molecule has 4 aromatic rings. The largest absolute Gasteiger partial charge is 0.508 e. The van der Waals surface area contributed by atoms with Crippen LogP contribution in [0, 0.1) is 0 Å². The lowest BCUT2D eigenvalue weighted by molar-refractivity contribution is -0.122. The number of phenols is 1. The van der Waals surface area contributed by atoms with Crippen LogP contribution in [0.1, 0.15) is 39.0 Å². The third-order valence-electron chi connectivity index (χ3n) is 10.4. The number of hydrogen-bond donors (Lipinski definition) is 6. The molecule has 0 bridgehead atoms. The van der Waals surface area contributed by atoms with Crippen LogP contribution in [-0.2, 0) is 59.4 Å². The highest BCUT2D eigenvalue weighted by Crippen LogP contribution is 2.56. The van der Waals surface area contributed by atoms with Crippen LogP contribution in [0.5, 0.6) is 17.2 Å². The zero-order valence-electron chi connectivity index (χ0n) is 37.6. The Bertz CT molecular complexity index is 2150. The number of fused-ring (bicyclic) bond motifs is 6. The molecule has 0 fully saturated rings. The van der Waals surface area contributed by atoms with Crippen LogP contribution in [0.15, 0.2) is 78.9 Å². The lowest BCUT2D eigenvalue weighted by atomic mass is 9.77. The topological polar surface area (TPSA) is 235 Å². The Balaban J connectivity index is 0.686. The number of esters is 1. The fraction of sp³-hybridized carbons (Fsp3) is 0.438. The van der Waals surface area contributed by atoms with Crippen LogP contribution in [0.25, 0.3) is 0 Å². The van der Waals surface area contributed by atoms with Crippen LogP contribution in [0.4, 0.5) is 17.1 Å². The molecule has 1 amide bonds. The number of benzene rings is 4. The van der Waals surface area contributed by atoms with Crippen molar-refractivity contribution >= 4 is 46.3 Å². The number of carbonyl (C=O) groups excluding carboxylic acids is 2. The van der Waals surface area contributed by atoms with Gasteiger partial charge in [0.1, 0.15) is 17.2 Å². The highest BCUT2D eigenvalue weighted by atomic mass is 32.1. The smallest absolute Gasteiger partial charge is 0.340 e. The lowest BCUT2D eigenvalue weighted by Crippen LogP contribution is -2.33.